The van der Waals surface area contributed by atoms with Crippen molar-refractivity contribution in [3.05, 3.63) is 27.7 Å². The molecular formula is C15H21BrClNO. The van der Waals surface area contributed by atoms with Gasteiger partial charge in [0.2, 0.25) is 0 Å². The lowest BCUT2D eigenvalue weighted by Gasteiger charge is -2.34. The molecule has 0 amide bonds. The second kappa shape index (κ2) is 6.96. The molecule has 19 heavy (non-hydrogen) atoms. The normalized spacial score (nSPS) is 24.4. The first kappa shape index (κ1) is 15.1. The molecule has 1 fully saturated rings. The number of ether oxygens (including phenoxy) is 1. The Morgan fingerprint density at radius 3 is 2.63 bits per heavy atom. The smallest absolute Gasteiger partial charge is 0.138 e. The van der Waals surface area contributed by atoms with Crippen LogP contribution in [0.25, 0.3) is 0 Å². The Labute approximate surface area is 129 Å². The minimum Gasteiger partial charge on any atom is -0.491 e. The van der Waals surface area contributed by atoms with Crippen molar-refractivity contribution in [2.24, 2.45) is 11.8 Å². The van der Waals surface area contributed by atoms with E-state index in [1.807, 2.05) is 18.2 Å². The Morgan fingerprint density at radius 2 is 2.00 bits per heavy atom. The fourth-order valence-corrected chi connectivity index (χ4v) is 3.58. The molecule has 0 aromatic heterocycles. The third kappa shape index (κ3) is 4.66. The standard InChI is InChI=1S/C15H21BrClNO/c1-11-7-12(2)10-18(9-11)5-6-19-15-4-3-13(16)8-14(15)17/h3-4,8,11-12H,5-7,9-10H2,1-2H3/t11-,12+. The number of hydrogen-bond donors (Lipinski definition) is 0. The van der Waals surface area contributed by atoms with E-state index in [1.165, 1.54) is 19.5 Å². The summed E-state index contributed by atoms with van der Waals surface area (Å²) < 4.78 is 6.75. The number of nitrogens with zero attached hydrogens (tertiary/aromatic N) is 1. The van der Waals surface area contributed by atoms with Gasteiger partial charge >= 0.3 is 0 Å². The van der Waals surface area contributed by atoms with Gasteiger partial charge in [-0.25, -0.2) is 0 Å². The second-order valence-electron chi connectivity index (χ2n) is 5.63. The van der Waals surface area contributed by atoms with Gasteiger partial charge in [-0.2, -0.15) is 0 Å². The first-order chi connectivity index (χ1) is 9.04. The maximum atomic E-state index is 6.13. The van der Waals surface area contributed by atoms with E-state index in [4.69, 9.17) is 16.3 Å². The number of piperidine rings is 1. The van der Waals surface area contributed by atoms with Gasteiger partial charge in [-0.3, -0.25) is 4.90 Å². The van der Waals surface area contributed by atoms with Crippen molar-refractivity contribution in [1.29, 1.82) is 0 Å². The molecule has 0 unspecified atom stereocenters. The lowest BCUT2D eigenvalue weighted by molar-refractivity contribution is 0.120. The van der Waals surface area contributed by atoms with Crippen LogP contribution in [0.4, 0.5) is 0 Å². The van der Waals surface area contributed by atoms with Crippen molar-refractivity contribution in [2.45, 2.75) is 20.3 Å². The Balaban J connectivity index is 1.80. The average molecular weight is 347 g/mol. The quantitative estimate of drug-likeness (QED) is 0.798. The summed E-state index contributed by atoms with van der Waals surface area (Å²) in [6.45, 7) is 8.69. The Morgan fingerprint density at radius 1 is 1.32 bits per heavy atom. The van der Waals surface area contributed by atoms with Gasteiger partial charge in [-0.1, -0.05) is 41.4 Å². The van der Waals surface area contributed by atoms with E-state index in [1.54, 1.807) is 0 Å². The molecule has 2 nitrogen and oxygen atoms in total. The van der Waals surface area contributed by atoms with E-state index in [0.29, 0.717) is 11.6 Å². The van der Waals surface area contributed by atoms with Crippen molar-refractivity contribution >= 4 is 27.5 Å². The van der Waals surface area contributed by atoms with Crippen molar-refractivity contribution in [2.75, 3.05) is 26.2 Å². The third-order valence-corrected chi connectivity index (χ3v) is 4.29. The van der Waals surface area contributed by atoms with E-state index in [9.17, 15) is 0 Å². The van der Waals surface area contributed by atoms with Crippen LogP contribution < -0.4 is 4.74 Å². The van der Waals surface area contributed by atoms with Gasteiger partial charge in [0.05, 0.1) is 5.02 Å². The first-order valence-electron chi connectivity index (χ1n) is 6.85. The molecule has 0 bridgehead atoms. The van der Waals surface area contributed by atoms with E-state index in [0.717, 1.165) is 28.6 Å². The number of likely N-dealkylation sites (tertiary alicyclic amines) is 1. The summed E-state index contributed by atoms with van der Waals surface area (Å²) >= 11 is 9.52. The van der Waals surface area contributed by atoms with Crippen LogP contribution in [0, 0.1) is 11.8 Å². The fraction of sp³-hybridized carbons (Fsp3) is 0.600. The van der Waals surface area contributed by atoms with Crippen LogP contribution in [0.3, 0.4) is 0 Å². The Kier molecular flexibility index (Phi) is 5.55. The fourth-order valence-electron chi connectivity index (χ4n) is 2.85. The predicted molar refractivity (Wildman–Crippen MR) is 84.0 cm³/mol. The topological polar surface area (TPSA) is 12.5 Å². The van der Waals surface area contributed by atoms with Crippen molar-refractivity contribution in [1.82, 2.24) is 4.90 Å². The van der Waals surface area contributed by atoms with Crippen LogP contribution in [0.5, 0.6) is 5.75 Å². The summed E-state index contributed by atoms with van der Waals surface area (Å²) in [7, 11) is 0. The molecular weight excluding hydrogens is 326 g/mol. The highest BCUT2D eigenvalue weighted by Crippen LogP contribution is 2.27. The zero-order valence-electron chi connectivity index (χ0n) is 11.5. The highest BCUT2D eigenvalue weighted by atomic mass is 79.9. The maximum Gasteiger partial charge on any atom is 0.138 e. The molecule has 2 rings (SSSR count). The highest BCUT2D eigenvalue weighted by Gasteiger charge is 2.21. The highest BCUT2D eigenvalue weighted by molar-refractivity contribution is 9.10. The third-order valence-electron chi connectivity index (χ3n) is 3.50. The Bertz CT molecular complexity index is 417. The molecule has 0 radical (unpaired) electrons. The number of hydrogen-bond acceptors (Lipinski definition) is 2. The second-order valence-corrected chi connectivity index (χ2v) is 6.95. The molecule has 1 aromatic rings. The van der Waals surface area contributed by atoms with Gasteiger partial charge in [-0.05, 0) is 36.5 Å². The van der Waals surface area contributed by atoms with Crippen LogP contribution >= 0.6 is 27.5 Å². The van der Waals surface area contributed by atoms with Gasteiger partial charge < -0.3 is 4.74 Å². The minimum absolute atomic E-state index is 0.662. The van der Waals surface area contributed by atoms with Gasteiger partial charge in [0.15, 0.2) is 0 Å². The van der Waals surface area contributed by atoms with Crippen molar-refractivity contribution < 1.29 is 4.74 Å². The van der Waals surface area contributed by atoms with Gasteiger partial charge in [0, 0.05) is 24.1 Å². The van der Waals surface area contributed by atoms with Crippen LogP contribution in [0.1, 0.15) is 20.3 Å². The molecule has 1 aromatic carbocycles. The number of rotatable bonds is 4. The van der Waals surface area contributed by atoms with E-state index in [-0.39, 0.29) is 0 Å². The molecule has 0 N–H and O–H groups in total. The number of benzene rings is 1. The number of halogens is 2. The molecule has 1 saturated heterocycles. The summed E-state index contributed by atoms with van der Waals surface area (Å²) in [6.07, 6.45) is 1.34. The minimum atomic E-state index is 0.662. The van der Waals surface area contributed by atoms with Crippen molar-refractivity contribution in [3.63, 3.8) is 0 Å². The van der Waals surface area contributed by atoms with Crippen LogP contribution in [-0.2, 0) is 0 Å². The molecule has 4 heteroatoms. The predicted octanol–water partition coefficient (Wildman–Crippen LogP) is 4.46. The first-order valence-corrected chi connectivity index (χ1v) is 8.02. The molecule has 0 aliphatic carbocycles. The van der Waals surface area contributed by atoms with Gasteiger partial charge in [0.25, 0.3) is 0 Å². The molecule has 0 saturated carbocycles. The summed E-state index contributed by atoms with van der Waals surface area (Å²) in [5, 5.41) is 0.662. The summed E-state index contributed by atoms with van der Waals surface area (Å²) in [5.41, 5.74) is 0. The molecule has 106 valence electrons. The SMILES string of the molecule is C[C@@H]1C[C@H](C)CN(CCOc2ccc(Br)cc2Cl)C1. The molecule has 1 aliphatic heterocycles. The van der Waals surface area contributed by atoms with Crippen LogP contribution in [-0.4, -0.2) is 31.1 Å². The van der Waals surface area contributed by atoms with Crippen LogP contribution in [0.2, 0.25) is 5.02 Å². The lowest BCUT2D eigenvalue weighted by atomic mass is 9.92. The average Bonchev–Trinajstić information content (AvgIpc) is 2.30. The van der Waals surface area contributed by atoms with Crippen LogP contribution in [0.15, 0.2) is 22.7 Å². The zero-order valence-corrected chi connectivity index (χ0v) is 13.9. The van der Waals surface area contributed by atoms with Crippen molar-refractivity contribution in [3.8, 4) is 5.75 Å². The summed E-state index contributed by atoms with van der Waals surface area (Å²) in [5.74, 6) is 2.35. The maximum absolute atomic E-state index is 6.13. The van der Waals surface area contributed by atoms with E-state index in [2.05, 4.69) is 34.7 Å². The largest absolute Gasteiger partial charge is 0.491 e. The lowest BCUT2D eigenvalue weighted by Crippen LogP contribution is -2.40. The summed E-state index contributed by atoms with van der Waals surface area (Å²) in [6, 6.07) is 5.72. The molecule has 1 aliphatic rings. The van der Waals surface area contributed by atoms with Gasteiger partial charge in [-0.15, -0.1) is 0 Å². The monoisotopic (exact) mass is 345 g/mol. The molecule has 1 heterocycles. The van der Waals surface area contributed by atoms with E-state index >= 15 is 0 Å². The van der Waals surface area contributed by atoms with Gasteiger partial charge in [0.1, 0.15) is 12.4 Å². The summed E-state index contributed by atoms with van der Waals surface area (Å²) in [4.78, 5) is 2.49. The zero-order chi connectivity index (χ0) is 13.8. The molecule has 2 atom stereocenters. The molecule has 0 spiro atoms. The Hall–Kier alpha value is -0.250. The van der Waals surface area contributed by atoms with E-state index < -0.39 is 0 Å².